The molecule has 0 spiro atoms. The van der Waals surface area contributed by atoms with Crippen LogP contribution in [0.1, 0.15) is 23.6 Å². The number of fused-ring (bicyclic) bond motifs is 1. The fourth-order valence-corrected chi connectivity index (χ4v) is 3.77. The topological polar surface area (TPSA) is 21.3 Å². The van der Waals surface area contributed by atoms with E-state index in [1.54, 1.807) is 19.2 Å². The zero-order valence-corrected chi connectivity index (χ0v) is 13.8. The molecule has 2 nitrogen and oxygen atoms in total. The molecule has 0 amide bonds. The molecular weight excluding hydrogens is 357 g/mol. The Morgan fingerprint density at radius 3 is 2.90 bits per heavy atom. The van der Waals surface area contributed by atoms with Crippen LogP contribution < -0.4 is 10.1 Å². The molecule has 1 aliphatic rings. The number of halogens is 3. The van der Waals surface area contributed by atoms with Gasteiger partial charge in [-0.05, 0) is 64.2 Å². The molecule has 1 unspecified atom stereocenters. The molecule has 2 aromatic rings. The van der Waals surface area contributed by atoms with Gasteiger partial charge in [-0.1, -0.05) is 17.7 Å². The summed E-state index contributed by atoms with van der Waals surface area (Å²) in [5, 5.41) is 4.08. The lowest BCUT2D eigenvalue weighted by Crippen LogP contribution is -2.08. The first-order valence-corrected chi connectivity index (χ1v) is 7.83. The number of anilines is 1. The molecule has 0 aromatic heterocycles. The van der Waals surface area contributed by atoms with Crippen molar-refractivity contribution in [2.45, 2.75) is 18.9 Å². The highest BCUT2D eigenvalue weighted by atomic mass is 79.9. The van der Waals surface area contributed by atoms with Crippen LogP contribution >= 0.6 is 27.5 Å². The van der Waals surface area contributed by atoms with Crippen LogP contribution in [-0.4, -0.2) is 7.11 Å². The van der Waals surface area contributed by atoms with Gasteiger partial charge >= 0.3 is 0 Å². The molecule has 1 aliphatic carbocycles. The lowest BCUT2D eigenvalue weighted by molar-refractivity contribution is 0.413. The van der Waals surface area contributed by atoms with Crippen molar-refractivity contribution in [3.05, 3.63) is 56.8 Å². The third-order valence-corrected chi connectivity index (χ3v) is 4.53. The molecule has 110 valence electrons. The minimum atomic E-state index is -0.183. The van der Waals surface area contributed by atoms with E-state index in [2.05, 4.69) is 21.2 Å². The molecule has 5 heteroatoms. The summed E-state index contributed by atoms with van der Waals surface area (Å²) in [6.45, 7) is 0. The molecule has 0 fully saturated rings. The van der Waals surface area contributed by atoms with Gasteiger partial charge in [0.25, 0.3) is 0 Å². The Bertz CT molecular complexity index is 692. The summed E-state index contributed by atoms with van der Waals surface area (Å²) in [5.74, 6) is 0.535. The predicted octanol–water partition coefficient (Wildman–Crippen LogP) is 5.35. The number of benzene rings is 2. The van der Waals surface area contributed by atoms with E-state index in [0.717, 1.165) is 39.9 Å². The van der Waals surface area contributed by atoms with Gasteiger partial charge in [-0.2, -0.15) is 0 Å². The maximum absolute atomic E-state index is 13.3. The zero-order chi connectivity index (χ0) is 15.0. The van der Waals surface area contributed by atoms with Crippen molar-refractivity contribution in [3.63, 3.8) is 0 Å². The molecule has 1 N–H and O–H groups in total. The van der Waals surface area contributed by atoms with Crippen molar-refractivity contribution in [1.29, 1.82) is 0 Å². The minimum absolute atomic E-state index is 0.139. The summed E-state index contributed by atoms with van der Waals surface area (Å²) in [6, 6.07) is 8.74. The Morgan fingerprint density at radius 1 is 1.33 bits per heavy atom. The average Bonchev–Trinajstić information content (AvgIpc) is 2.80. The van der Waals surface area contributed by atoms with Gasteiger partial charge in [0.15, 0.2) is 5.75 Å². The third kappa shape index (κ3) is 2.87. The van der Waals surface area contributed by atoms with E-state index in [1.165, 1.54) is 6.07 Å². The second kappa shape index (κ2) is 5.85. The normalized spacial score (nSPS) is 16.7. The standard InChI is InChI=1S/C16H14BrClFNO/c1-21-16-13(17)7-10(18)8-15(16)20-14-5-2-9-6-11(19)3-4-12(9)14/h3-4,6-8,14,20H,2,5H2,1H3. The third-order valence-electron chi connectivity index (χ3n) is 3.73. The number of aryl methyl sites for hydroxylation is 1. The van der Waals surface area contributed by atoms with E-state index in [-0.39, 0.29) is 11.9 Å². The van der Waals surface area contributed by atoms with Crippen LogP contribution in [0.25, 0.3) is 0 Å². The second-order valence-electron chi connectivity index (χ2n) is 5.05. The second-order valence-corrected chi connectivity index (χ2v) is 6.34. The summed E-state index contributed by atoms with van der Waals surface area (Å²) >= 11 is 9.56. The van der Waals surface area contributed by atoms with Gasteiger partial charge < -0.3 is 10.1 Å². The van der Waals surface area contributed by atoms with Gasteiger partial charge in [0, 0.05) is 5.02 Å². The molecule has 3 rings (SSSR count). The minimum Gasteiger partial charge on any atom is -0.493 e. The van der Waals surface area contributed by atoms with Crippen molar-refractivity contribution >= 4 is 33.2 Å². The monoisotopic (exact) mass is 369 g/mol. The number of hydrogen-bond acceptors (Lipinski definition) is 2. The van der Waals surface area contributed by atoms with E-state index in [0.29, 0.717) is 5.02 Å². The highest BCUT2D eigenvalue weighted by Crippen LogP contribution is 2.41. The first kappa shape index (κ1) is 14.7. The van der Waals surface area contributed by atoms with Crippen LogP contribution in [0.2, 0.25) is 5.02 Å². The van der Waals surface area contributed by atoms with Crippen LogP contribution in [0.4, 0.5) is 10.1 Å². The molecular formula is C16H14BrClFNO. The molecule has 0 aliphatic heterocycles. The number of ether oxygens (including phenoxy) is 1. The summed E-state index contributed by atoms with van der Waals surface area (Å²) in [6.07, 6.45) is 1.79. The molecule has 0 heterocycles. The van der Waals surface area contributed by atoms with E-state index < -0.39 is 0 Å². The Hall–Kier alpha value is -1.26. The molecule has 0 radical (unpaired) electrons. The summed E-state index contributed by atoms with van der Waals surface area (Å²) < 4.78 is 19.5. The molecule has 21 heavy (non-hydrogen) atoms. The lowest BCUT2D eigenvalue weighted by atomic mass is 10.1. The van der Waals surface area contributed by atoms with Crippen molar-refractivity contribution in [2.24, 2.45) is 0 Å². The fourth-order valence-electron chi connectivity index (χ4n) is 2.80. The Labute approximate surface area is 136 Å². The zero-order valence-electron chi connectivity index (χ0n) is 11.4. The Kier molecular flexibility index (Phi) is 4.09. The first-order chi connectivity index (χ1) is 10.1. The quantitative estimate of drug-likeness (QED) is 0.786. The Morgan fingerprint density at radius 2 is 2.14 bits per heavy atom. The van der Waals surface area contributed by atoms with Crippen LogP contribution in [0, 0.1) is 5.82 Å². The van der Waals surface area contributed by atoms with Crippen molar-refractivity contribution in [2.75, 3.05) is 12.4 Å². The van der Waals surface area contributed by atoms with Crippen LogP contribution in [0.15, 0.2) is 34.8 Å². The first-order valence-electron chi connectivity index (χ1n) is 6.66. The molecule has 0 saturated carbocycles. The number of nitrogens with one attached hydrogen (secondary N) is 1. The van der Waals surface area contributed by atoms with E-state index in [1.807, 2.05) is 12.1 Å². The lowest BCUT2D eigenvalue weighted by Gasteiger charge is -2.19. The molecule has 0 bridgehead atoms. The largest absolute Gasteiger partial charge is 0.493 e. The van der Waals surface area contributed by atoms with Gasteiger partial charge in [0.2, 0.25) is 0 Å². The van der Waals surface area contributed by atoms with Gasteiger partial charge in [0.05, 0.1) is 23.3 Å². The smallest absolute Gasteiger partial charge is 0.156 e. The van der Waals surface area contributed by atoms with Crippen LogP contribution in [0.5, 0.6) is 5.75 Å². The molecule has 0 saturated heterocycles. The number of hydrogen-bond donors (Lipinski definition) is 1. The number of rotatable bonds is 3. The van der Waals surface area contributed by atoms with Crippen LogP contribution in [0.3, 0.4) is 0 Å². The molecule has 1 atom stereocenters. The van der Waals surface area contributed by atoms with Gasteiger partial charge in [0.1, 0.15) is 5.82 Å². The van der Waals surface area contributed by atoms with Crippen molar-refractivity contribution < 1.29 is 9.13 Å². The predicted molar refractivity (Wildman–Crippen MR) is 86.8 cm³/mol. The maximum Gasteiger partial charge on any atom is 0.156 e. The van der Waals surface area contributed by atoms with E-state index >= 15 is 0 Å². The van der Waals surface area contributed by atoms with Gasteiger partial charge in [-0.3, -0.25) is 0 Å². The van der Waals surface area contributed by atoms with Gasteiger partial charge in [-0.25, -0.2) is 4.39 Å². The van der Waals surface area contributed by atoms with Gasteiger partial charge in [-0.15, -0.1) is 0 Å². The molecule has 2 aromatic carbocycles. The van der Waals surface area contributed by atoms with Crippen molar-refractivity contribution in [1.82, 2.24) is 0 Å². The summed E-state index contributed by atoms with van der Waals surface area (Å²) in [4.78, 5) is 0. The number of methoxy groups -OCH3 is 1. The van der Waals surface area contributed by atoms with Crippen LogP contribution in [-0.2, 0) is 6.42 Å². The summed E-state index contributed by atoms with van der Waals surface area (Å²) in [5.41, 5.74) is 3.03. The average molecular weight is 371 g/mol. The van der Waals surface area contributed by atoms with E-state index in [9.17, 15) is 4.39 Å². The highest BCUT2D eigenvalue weighted by molar-refractivity contribution is 9.10. The SMILES string of the molecule is COc1c(Br)cc(Cl)cc1NC1CCc2cc(F)ccc21. The maximum atomic E-state index is 13.3. The van der Waals surface area contributed by atoms with E-state index in [4.69, 9.17) is 16.3 Å². The summed E-state index contributed by atoms with van der Waals surface area (Å²) in [7, 11) is 1.62. The fraction of sp³-hybridized carbons (Fsp3) is 0.250. The van der Waals surface area contributed by atoms with Crippen molar-refractivity contribution in [3.8, 4) is 5.75 Å². The highest BCUT2D eigenvalue weighted by Gasteiger charge is 2.24. The Balaban J connectivity index is 1.93.